The molecule has 0 aliphatic carbocycles. The summed E-state index contributed by atoms with van der Waals surface area (Å²) in [7, 11) is 1.25. The second kappa shape index (κ2) is 7.03. The maximum atomic E-state index is 13.0. The van der Waals surface area contributed by atoms with Gasteiger partial charge in [-0.05, 0) is 39.8 Å². The molecule has 1 aromatic rings. The summed E-state index contributed by atoms with van der Waals surface area (Å²) in [6.45, 7) is 7.00. The summed E-state index contributed by atoms with van der Waals surface area (Å²) in [5.41, 5.74) is 0.124. The monoisotopic (exact) mass is 408 g/mol. The van der Waals surface area contributed by atoms with Crippen molar-refractivity contribution < 1.29 is 42.7 Å². The quantitative estimate of drug-likeness (QED) is 0.547. The molecule has 29 heavy (non-hydrogen) atoms. The molecule has 3 saturated heterocycles. The summed E-state index contributed by atoms with van der Waals surface area (Å²) in [5.74, 6) is -3.12. The molecular weight excluding hydrogens is 384 g/mol. The molecule has 0 radical (unpaired) electrons. The van der Waals surface area contributed by atoms with E-state index in [0.717, 1.165) is 0 Å². The number of benzene rings is 1. The van der Waals surface area contributed by atoms with Crippen LogP contribution in [0, 0.1) is 0 Å². The van der Waals surface area contributed by atoms with Crippen molar-refractivity contribution in [3.05, 3.63) is 29.8 Å². The van der Waals surface area contributed by atoms with E-state index in [4.69, 9.17) is 33.2 Å². The summed E-state index contributed by atoms with van der Waals surface area (Å²) in [4.78, 5) is 25.0. The topological polar surface area (TPSA) is 98.8 Å². The van der Waals surface area contributed by atoms with E-state index in [1.807, 2.05) is 0 Å². The second-order valence-electron chi connectivity index (χ2n) is 8.00. The van der Waals surface area contributed by atoms with Crippen LogP contribution in [0.2, 0.25) is 0 Å². The van der Waals surface area contributed by atoms with E-state index in [1.165, 1.54) is 19.2 Å². The Labute approximate surface area is 168 Å². The average molecular weight is 408 g/mol. The van der Waals surface area contributed by atoms with Crippen LogP contribution in [0.3, 0.4) is 0 Å². The van der Waals surface area contributed by atoms with Gasteiger partial charge in [-0.25, -0.2) is 9.59 Å². The van der Waals surface area contributed by atoms with Crippen LogP contribution in [0.15, 0.2) is 24.3 Å². The highest BCUT2D eigenvalue weighted by molar-refractivity contribution is 5.93. The Kier molecular flexibility index (Phi) is 4.91. The molecule has 3 aliphatic rings. The molecule has 5 atom stereocenters. The lowest BCUT2D eigenvalue weighted by Gasteiger charge is -2.35. The summed E-state index contributed by atoms with van der Waals surface area (Å²) >= 11 is 0. The number of esters is 2. The molecule has 158 valence electrons. The molecule has 0 unspecified atom stereocenters. The van der Waals surface area contributed by atoms with Gasteiger partial charge in [0.2, 0.25) is 0 Å². The Balaban J connectivity index is 1.59. The number of carbonyl (C=O) groups is 2. The van der Waals surface area contributed by atoms with E-state index in [9.17, 15) is 9.59 Å². The Bertz CT molecular complexity index is 818. The normalized spacial score (nSPS) is 34.2. The molecule has 0 spiro atoms. The maximum Gasteiger partial charge on any atom is 0.343 e. The third kappa shape index (κ3) is 3.76. The van der Waals surface area contributed by atoms with Crippen LogP contribution in [0.1, 0.15) is 38.1 Å². The first-order valence-electron chi connectivity index (χ1n) is 9.36. The van der Waals surface area contributed by atoms with Crippen molar-refractivity contribution in [2.75, 3.05) is 7.11 Å². The lowest BCUT2D eigenvalue weighted by atomic mass is 9.99. The van der Waals surface area contributed by atoms with Gasteiger partial charge in [0.25, 0.3) is 0 Å². The number of hydrogen-bond acceptors (Lipinski definition) is 9. The Morgan fingerprint density at radius 3 is 2.24 bits per heavy atom. The van der Waals surface area contributed by atoms with E-state index in [0.29, 0.717) is 0 Å². The zero-order valence-corrected chi connectivity index (χ0v) is 16.9. The number of rotatable bonds is 3. The highest BCUT2D eigenvalue weighted by Crippen LogP contribution is 2.44. The minimum Gasteiger partial charge on any atom is -0.465 e. The molecule has 0 bridgehead atoms. The molecule has 3 fully saturated rings. The highest BCUT2D eigenvalue weighted by Gasteiger charge is 2.62. The number of carbonyl (C=O) groups excluding carboxylic acids is 2. The number of methoxy groups -OCH3 is 1. The Morgan fingerprint density at radius 1 is 0.897 bits per heavy atom. The molecular formula is C20H24O9. The predicted molar refractivity (Wildman–Crippen MR) is 95.9 cm³/mol. The van der Waals surface area contributed by atoms with Crippen LogP contribution >= 0.6 is 0 Å². The molecule has 0 saturated carbocycles. The molecule has 1 aromatic carbocycles. The first-order chi connectivity index (χ1) is 13.6. The Hall–Kier alpha value is -2.04. The fourth-order valence-corrected chi connectivity index (χ4v) is 3.80. The first-order valence-corrected chi connectivity index (χ1v) is 9.36. The maximum absolute atomic E-state index is 13.0. The van der Waals surface area contributed by atoms with Gasteiger partial charge in [0, 0.05) is 0 Å². The molecule has 9 nitrogen and oxygen atoms in total. The van der Waals surface area contributed by atoms with Crippen molar-refractivity contribution in [2.24, 2.45) is 0 Å². The van der Waals surface area contributed by atoms with Crippen LogP contribution in [-0.4, -0.2) is 61.3 Å². The van der Waals surface area contributed by atoms with Gasteiger partial charge in [-0.2, -0.15) is 0 Å². The fraction of sp³-hybridized carbons (Fsp3) is 0.600. The molecule has 4 rings (SSSR count). The third-order valence-corrected chi connectivity index (χ3v) is 4.89. The SMILES string of the molecule is COC(=O)c1ccccc1OC(=O)[C@H]1O[C@H]2OC(C)(C)O[C@@H]2[C@@H]2OC(C)(C)O[C@H]21. The van der Waals surface area contributed by atoms with E-state index < -0.39 is 54.2 Å². The van der Waals surface area contributed by atoms with Gasteiger partial charge in [-0.3, -0.25) is 0 Å². The highest BCUT2D eigenvalue weighted by atomic mass is 16.9. The van der Waals surface area contributed by atoms with Gasteiger partial charge in [-0.1, -0.05) is 12.1 Å². The van der Waals surface area contributed by atoms with E-state index in [2.05, 4.69) is 0 Å². The van der Waals surface area contributed by atoms with Crippen molar-refractivity contribution in [3.8, 4) is 5.75 Å². The van der Waals surface area contributed by atoms with Gasteiger partial charge in [0.1, 0.15) is 29.6 Å². The van der Waals surface area contributed by atoms with Gasteiger partial charge >= 0.3 is 11.9 Å². The number of fused-ring (bicyclic) bond motifs is 3. The molecule has 3 heterocycles. The number of ether oxygens (including phenoxy) is 7. The Morgan fingerprint density at radius 2 is 1.52 bits per heavy atom. The fourth-order valence-electron chi connectivity index (χ4n) is 3.80. The van der Waals surface area contributed by atoms with E-state index >= 15 is 0 Å². The van der Waals surface area contributed by atoms with Crippen LogP contribution in [0.4, 0.5) is 0 Å². The van der Waals surface area contributed by atoms with Crippen molar-refractivity contribution in [1.82, 2.24) is 0 Å². The summed E-state index contributed by atoms with van der Waals surface area (Å²) in [5, 5.41) is 0. The number of para-hydroxylation sites is 1. The number of hydrogen-bond donors (Lipinski definition) is 0. The lowest BCUT2D eigenvalue weighted by molar-refractivity contribution is -0.236. The van der Waals surface area contributed by atoms with E-state index in [-0.39, 0.29) is 11.3 Å². The standard InChI is InChI=1S/C20H24O9/c1-19(2)26-12-13(27-19)15-18(29-20(3,4)28-15)25-14(12)17(22)24-11-9-7-6-8-10(11)16(21)23-5/h6-9,12-15,18H,1-5H3/t12-,13-,14+,15-,18+/m1/s1. The van der Waals surface area contributed by atoms with Crippen molar-refractivity contribution in [2.45, 2.75) is 70.0 Å². The van der Waals surface area contributed by atoms with Crippen LogP contribution in [0.5, 0.6) is 5.75 Å². The summed E-state index contributed by atoms with van der Waals surface area (Å²) in [6, 6.07) is 6.29. The molecule has 0 aromatic heterocycles. The lowest BCUT2D eigenvalue weighted by Crippen LogP contribution is -2.58. The molecule has 0 N–H and O–H groups in total. The van der Waals surface area contributed by atoms with Gasteiger partial charge in [0.15, 0.2) is 24.0 Å². The largest absolute Gasteiger partial charge is 0.465 e. The minimum absolute atomic E-state index is 0.0636. The van der Waals surface area contributed by atoms with Crippen molar-refractivity contribution >= 4 is 11.9 Å². The van der Waals surface area contributed by atoms with Gasteiger partial charge < -0.3 is 33.2 Å². The smallest absolute Gasteiger partial charge is 0.343 e. The van der Waals surface area contributed by atoms with E-state index in [1.54, 1.807) is 39.8 Å². The zero-order chi connectivity index (χ0) is 21.0. The van der Waals surface area contributed by atoms with Crippen LogP contribution in [-0.2, 0) is 33.2 Å². The summed E-state index contributed by atoms with van der Waals surface area (Å²) < 4.78 is 39.7. The van der Waals surface area contributed by atoms with Gasteiger partial charge in [0.05, 0.1) is 7.11 Å². The predicted octanol–water partition coefficient (Wildman–Crippen LogP) is 1.78. The molecule has 0 amide bonds. The second-order valence-corrected chi connectivity index (χ2v) is 8.00. The van der Waals surface area contributed by atoms with Crippen molar-refractivity contribution in [3.63, 3.8) is 0 Å². The van der Waals surface area contributed by atoms with Crippen LogP contribution < -0.4 is 4.74 Å². The summed E-state index contributed by atoms with van der Waals surface area (Å²) in [6.07, 6.45) is -3.85. The van der Waals surface area contributed by atoms with Crippen LogP contribution in [0.25, 0.3) is 0 Å². The zero-order valence-electron chi connectivity index (χ0n) is 16.9. The van der Waals surface area contributed by atoms with Gasteiger partial charge in [-0.15, -0.1) is 0 Å². The minimum atomic E-state index is -1.13. The first kappa shape index (κ1) is 20.2. The van der Waals surface area contributed by atoms with Crippen molar-refractivity contribution in [1.29, 1.82) is 0 Å². The molecule has 9 heteroatoms. The average Bonchev–Trinajstić information content (AvgIpc) is 3.14. The molecule has 3 aliphatic heterocycles. The third-order valence-electron chi connectivity index (χ3n) is 4.89.